The lowest BCUT2D eigenvalue weighted by molar-refractivity contribution is -0.118. The van der Waals surface area contributed by atoms with Crippen LogP contribution in [0.25, 0.3) is 0 Å². The fourth-order valence-electron chi connectivity index (χ4n) is 1.63. The molecule has 1 aliphatic rings. The van der Waals surface area contributed by atoms with Crippen molar-refractivity contribution in [2.75, 3.05) is 31.6 Å². The summed E-state index contributed by atoms with van der Waals surface area (Å²) in [7, 11) is 1.69. The highest BCUT2D eigenvalue weighted by molar-refractivity contribution is 5.95. The summed E-state index contributed by atoms with van der Waals surface area (Å²) in [5, 5.41) is 0. The van der Waals surface area contributed by atoms with Gasteiger partial charge in [-0.25, -0.2) is 4.79 Å². The van der Waals surface area contributed by atoms with E-state index in [0.717, 1.165) is 5.69 Å². The number of carbonyl (C=O) groups is 2. The molecule has 1 saturated heterocycles. The molecule has 0 N–H and O–H groups in total. The lowest BCUT2D eigenvalue weighted by atomic mass is 10.3. The van der Waals surface area contributed by atoms with Crippen LogP contribution in [0.5, 0.6) is 0 Å². The van der Waals surface area contributed by atoms with Crippen molar-refractivity contribution in [3.05, 3.63) is 30.3 Å². The van der Waals surface area contributed by atoms with Crippen LogP contribution >= 0.6 is 0 Å². The van der Waals surface area contributed by atoms with E-state index in [4.69, 9.17) is 4.74 Å². The molecule has 0 saturated carbocycles. The number of rotatable bonds is 3. The molecule has 2 rings (SSSR count). The molecule has 0 bridgehead atoms. The third-order valence-electron chi connectivity index (χ3n) is 2.69. The van der Waals surface area contributed by atoms with Gasteiger partial charge in [-0.1, -0.05) is 18.2 Å². The van der Waals surface area contributed by atoms with Crippen molar-refractivity contribution in [3.63, 3.8) is 0 Å². The second-order valence-electron chi connectivity index (χ2n) is 3.82. The molecule has 90 valence electrons. The Balaban J connectivity index is 1.98. The molecule has 0 aromatic heterocycles. The van der Waals surface area contributed by atoms with E-state index < -0.39 is 6.09 Å². The van der Waals surface area contributed by atoms with Gasteiger partial charge in [-0.15, -0.1) is 0 Å². The van der Waals surface area contributed by atoms with Crippen molar-refractivity contribution in [1.29, 1.82) is 0 Å². The van der Waals surface area contributed by atoms with Crippen molar-refractivity contribution < 1.29 is 14.3 Å². The summed E-state index contributed by atoms with van der Waals surface area (Å²) in [6, 6.07) is 9.31. The molecule has 1 heterocycles. The van der Waals surface area contributed by atoms with Crippen LogP contribution in [0.15, 0.2) is 30.3 Å². The maximum absolute atomic E-state index is 11.9. The first kappa shape index (κ1) is 11.4. The normalized spacial score (nSPS) is 14.6. The number of hydrogen-bond acceptors (Lipinski definition) is 3. The zero-order valence-corrected chi connectivity index (χ0v) is 9.63. The first-order valence-electron chi connectivity index (χ1n) is 5.42. The summed E-state index contributed by atoms with van der Waals surface area (Å²) in [5.41, 5.74) is 0.810. The predicted octanol–water partition coefficient (Wildman–Crippen LogP) is 1.10. The molecule has 0 aliphatic carbocycles. The molecule has 1 aromatic carbocycles. The number of carbonyl (C=O) groups excluding carboxylic acids is 2. The summed E-state index contributed by atoms with van der Waals surface area (Å²) in [6.07, 6.45) is -0.417. The van der Waals surface area contributed by atoms with Crippen molar-refractivity contribution in [2.45, 2.75) is 0 Å². The third kappa shape index (κ3) is 2.55. The van der Waals surface area contributed by atoms with Gasteiger partial charge < -0.3 is 9.64 Å². The van der Waals surface area contributed by atoms with Crippen LogP contribution in [0, 0.1) is 0 Å². The van der Waals surface area contributed by atoms with Crippen molar-refractivity contribution in [3.8, 4) is 0 Å². The molecular formula is C12H14N2O3. The summed E-state index contributed by atoms with van der Waals surface area (Å²) in [4.78, 5) is 26.1. The van der Waals surface area contributed by atoms with Crippen molar-refractivity contribution in [1.82, 2.24) is 4.90 Å². The van der Waals surface area contributed by atoms with E-state index in [2.05, 4.69) is 0 Å². The Morgan fingerprint density at radius 3 is 2.71 bits per heavy atom. The fraction of sp³-hybridized carbons (Fsp3) is 0.333. The quantitative estimate of drug-likeness (QED) is 0.787. The smallest absolute Gasteiger partial charge is 0.410 e. The molecule has 17 heavy (non-hydrogen) atoms. The highest BCUT2D eigenvalue weighted by Crippen LogP contribution is 2.12. The van der Waals surface area contributed by atoms with Gasteiger partial charge in [-0.3, -0.25) is 9.69 Å². The van der Waals surface area contributed by atoms with Gasteiger partial charge in [-0.2, -0.15) is 0 Å². The summed E-state index contributed by atoms with van der Waals surface area (Å²) >= 11 is 0. The third-order valence-corrected chi connectivity index (χ3v) is 2.69. The number of nitrogens with zero attached hydrogens (tertiary/aromatic N) is 2. The summed E-state index contributed by atoms with van der Waals surface area (Å²) in [6.45, 7) is 0.901. The zero-order valence-electron chi connectivity index (χ0n) is 9.63. The number of para-hydroxylation sites is 1. The van der Waals surface area contributed by atoms with Gasteiger partial charge in [0.05, 0.1) is 6.54 Å². The van der Waals surface area contributed by atoms with Crippen LogP contribution in [0.1, 0.15) is 0 Å². The van der Waals surface area contributed by atoms with Crippen LogP contribution in [-0.4, -0.2) is 43.6 Å². The van der Waals surface area contributed by atoms with E-state index in [1.165, 1.54) is 9.80 Å². The Bertz CT molecular complexity index is 419. The first-order valence-corrected chi connectivity index (χ1v) is 5.42. The van der Waals surface area contributed by atoms with E-state index in [-0.39, 0.29) is 12.5 Å². The van der Waals surface area contributed by atoms with Crippen LogP contribution in [-0.2, 0) is 9.53 Å². The van der Waals surface area contributed by atoms with Gasteiger partial charge in [0.2, 0.25) is 5.91 Å². The predicted molar refractivity (Wildman–Crippen MR) is 62.8 cm³/mol. The van der Waals surface area contributed by atoms with Crippen LogP contribution in [0.3, 0.4) is 0 Å². The second-order valence-corrected chi connectivity index (χ2v) is 3.82. The average molecular weight is 234 g/mol. The van der Waals surface area contributed by atoms with Crippen LogP contribution < -0.4 is 4.90 Å². The Kier molecular flexibility index (Phi) is 3.27. The van der Waals surface area contributed by atoms with Crippen LogP contribution in [0.2, 0.25) is 0 Å². The number of amides is 2. The Morgan fingerprint density at radius 1 is 1.41 bits per heavy atom. The summed E-state index contributed by atoms with van der Waals surface area (Å²) < 4.78 is 4.77. The highest BCUT2D eigenvalue weighted by atomic mass is 16.6. The van der Waals surface area contributed by atoms with Crippen molar-refractivity contribution >= 4 is 17.7 Å². The monoisotopic (exact) mass is 234 g/mol. The Labute approximate surface area is 99.6 Å². The minimum atomic E-state index is -0.417. The van der Waals surface area contributed by atoms with Gasteiger partial charge in [0.1, 0.15) is 13.2 Å². The number of hydrogen-bond donors (Lipinski definition) is 0. The van der Waals surface area contributed by atoms with E-state index >= 15 is 0 Å². The van der Waals surface area contributed by atoms with Gasteiger partial charge in [0.25, 0.3) is 0 Å². The molecule has 0 spiro atoms. The van der Waals surface area contributed by atoms with E-state index in [9.17, 15) is 9.59 Å². The molecule has 5 heteroatoms. The Morgan fingerprint density at radius 2 is 2.12 bits per heavy atom. The number of likely N-dealkylation sites (N-methyl/N-ethyl adjacent to an activating group) is 1. The van der Waals surface area contributed by atoms with Gasteiger partial charge in [0, 0.05) is 12.7 Å². The highest BCUT2D eigenvalue weighted by Gasteiger charge is 2.25. The SMILES string of the molecule is CN(C(=O)CN1CCOC1=O)c1ccccc1. The topological polar surface area (TPSA) is 49.9 Å². The molecule has 1 aromatic rings. The van der Waals surface area contributed by atoms with Gasteiger partial charge in [-0.05, 0) is 12.1 Å². The molecule has 0 unspecified atom stereocenters. The van der Waals surface area contributed by atoms with E-state index in [0.29, 0.717) is 13.2 Å². The fourth-order valence-corrected chi connectivity index (χ4v) is 1.63. The van der Waals surface area contributed by atoms with Gasteiger partial charge in [0.15, 0.2) is 0 Å². The largest absolute Gasteiger partial charge is 0.448 e. The molecule has 2 amide bonds. The minimum Gasteiger partial charge on any atom is -0.448 e. The van der Waals surface area contributed by atoms with Crippen LogP contribution in [0.4, 0.5) is 10.5 Å². The lowest BCUT2D eigenvalue weighted by Crippen LogP contribution is -2.38. The van der Waals surface area contributed by atoms with Crippen molar-refractivity contribution in [2.24, 2.45) is 0 Å². The molecule has 5 nitrogen and oxygen atoms in total. The zero-order chi connectivity index (χ0) is 12.3. The van der Waals surface area contributed by atoms with E-state index in [1.807, 2.05) is 30.3 Å². The van der Waals surface area contributed by atoms with Gasteiger partial charge >= 0.3 is 6.09 Å². The Hall–Kier alpha value is -2.04. The number of cyclic esters (lactones) is 1. The molecule has 0 radical (unpaired) electrons. The number of ether oxygens (including phenoxy) is 1. The number of benzene rings is 1. The average Bonchev–Trinajstić information content (AvgIpc) is 2.75. The molecule has 1 aliphatic heterocycles. The first-order chi connectivity index (χ1) is 8.18. The minimum absolute atomic E-state index is 0.0597. The molecular weight excluding hydrogens is 220 g/mol. The maximum Gasteiger partial charge on any atom is 0.410 e. The van der Waals surface area contributed by atoms with E-state index in [1.54, 1.807) is 7.05 Å². The second kappa shape index (κ2) is 4.86. The molecule has 1 fully saturated rings. The maximum atomic E-state index is 11.9. The standard InChI is InChI=1S/C12H14N2O3/c1-13(10-5-3-2-4-6-10)11(15)9-14-7-8-17-12(14)16/h2-6H,7-9H2,1H3. The summed E-state index contributed by atoms with van der Waals surface area (Å²) in [5.74, 6) is -0.130. The molecule has 0 atom stereocenters. The lowest BCUT2D eigenvalue weighted by Gasteiger charge is -2.20. The number of anilines is 1.